The molecule has 3 nitrogen and oxygen atoms in total. The standard InChI is InChI=1S/C11H6Br2O3/c12-5-1-2-6-7(3-5)8(11(15)16)4-9(14)10(6)13/h1-4,14H,(H,15,16). The first-order chi connectivity index (χ1) is 7.50. The van der Waals surface area contributed by atoms with Gasteiger partial charge in [0.15, 0.2) is 0 Å². The minimum absolute atomic E-state index is 0.0766. The summed E-state index contributed by atoms with van der Waals surface area (Å²) >= 11 is 6.52. The Hall–Kier alpha value is -1.07. The summed E-state index contributed by atoms with van der Waals surface area (Å²) < 4.78 is 1.29. The van der Waals surface area contributed by atoms with E-state index in [0.717, 1.165) is 4.47 Å². The minimum atomic E-state index is -1.06. The maximum absolute atomic E-state index is 11.0. The van der Waals surface area contributed by atoms with Crippen LogP contribution in [-0.4, -0.2) is 16.2 Å². The van der Waals surface area contributed by atoms with E-state index < -0.39 is 5.97 Å². The number of carboxylic acid groups (broad SMARTS) is 1. The summed E-state index contributed by atoms with van der Waals surface area (Å²) in [6, 6.07) is 6.48. The Morgan fingerprint density at radius 2 is 1.81 bits per heavy atom. The van der Waals surface area contributed by atoms with Gasteiger partial charge in [-0.2, -0.15) is 0 Å². The number of halogens is 2. The number of aromatic carboxylic acids is 1. The molecule has 2 aromatic rings. The van der Waals surface area contributed by atoms with Gasteiger partial charge in [-0.3, -0.25) is 0 Å². The fourth-order valence-electron chi connectivity index (χ4n) is 1.52. The van der Waals surface area contributed by atoms with Crippen LogP contribution in [-0.2, 0) is 0 Å². The zero-order valence-corrected chi connectivity index (χ0v) is 11.0. The van der Waals surface area contributed by atoms with Crippen LogP contribution < -0.4 is 0 Å². The number of carboxylic acids is 1. The van der Waals surface area contributed by atoms with Crippen molar-refractivity contribution in [3.05, 3.63) is 38.8 Å². The fraction of sp³-hybridized carbons (Fsp3) is 0. The number of benzene rings is 2. The molecule has 0 bridgehead atoms. The molecule has 0 aliphatic carbocycles. The van der Waals surface area contributed by atoms with E-state index >= 15 is 0 Å². The van der Waals surface area contributed by atoms with Crippen LogP contribution in [0.15, 0.2) is 33.2 Å². The second-order valence-corrected chi connectivity index (χ2v) is 4.96. The summed E-state index contributed by atoms with van der Waals surface area (Å²) in [5.41, 5.74) is 0.0806. The largest absolute Gasteiger partial charge is 0.507 e. The molecule has 0 fully saturated rings. The highest BCUT2D eigenvalue weighted by atomic mass is 79.9. The second kappa shape index (κ2) is 4.07. The van der Waals surface area contributed by atoms with E-state index in [9.17, 15) is 9.90 Å². The van der Waals surface area contributed by atoms with Crippen molar-refractivity contribution in [2.45, 2.75) is 0 Å². The Morgan fingerprint density at radius 1 is 1.12 bits per heavy atom. The van der Waals surface area contributed by atoms with Gasteiger partial charge in [0, 0.05) is 9.86 Å². The molecule has 82 valence electrons. The highest BCUT2D eigenvalue weighted by Gasteiger charge is 2.14. The molecule has 0 unspecified atom stereocenters. The maximum atomic E-state index is 11.0. The Morgan fingerprint density at radius 3 is 2.44 bits per heavy atom. The summed E-state index contributed by atoms with van der Waals surface area (Å²) in [4.78, 5) is 11.0. The highest BCUT2D eigenvalue weighted by molar-refractivity contribution is 9.11. The summed E-state index contributed by atoms with van der Waals surface area (Å²) in [5, 5.41) is 19.9. The molecule has 5 heteroatoms. The Balaban J connectivity index is 2.95. The van der Waals surface area contributed by atoms with Gasteiger partial charge in [0.1, 0.15) is 5.75 Å². The van der Waals surface area contributed by atoms with Crippen molar-refractivity contribution in [2.24, 2.45) is 0 Å². The van der Waals surface area contributed by atoms with Crippen molar-refractivity contribution < 1.29 is 15.0 Å². The summed E-state index contributed by atoms with van der Waals surface area (Å²) in [5.74, 6) is -1.14. The van der Waals surface area contributed by atoms with Crippen LogP contribution in [0.2, 0.25) is 0 Å². The van der Waals surface area contributed by atoms with Gasteiger partial charge in [0.25, 0.3) is 0 Å². The Labute approximate surface area is 108 Å². The lowest BCUT2D eigenvalue weighted by atomic mass is 10.0. The van der Waals surface area contributed by atoms with E-state index in [2.05, 4.69) is 31.9 Å². The number of fused-ring (bicyclic) bond motifs is 1. The van der Waals surface area contributed by atoms with Crippen LogP contribution >= 0.6 is 31.9 Å². The second-order valence-electron chi connectivity index (χ2n) is 3.25. The van der Waals surface area contributed by atoms with Crippen molar-refractivity contribution in [3.63, 3.8) is 0 Å². The van der Waals surface area contributed by atoms with Crippen molar-refractivity contribution >= 4 is 48.6 Å². The van der Waals surface area contributed by atoms with Crippen molar-refractivity contribution in [1.82, 2.24) is 0 Å². The first-order valence-electron chi connectivity index (χ1n) is 4.34. The van der Waals surface area contributed by atoms with E-state index in [1.54, 1.807) is 18.2 Å². The average Bonchev–Trinajstić information content (AvgIpc) is 2.22. The molecule has 0 aromatic heterocycles. The van der Waals surface area contributed by atoms with E-state index in [4.69, 9.17) is 5.11 Å². The first kappa shape index (κ1) is 11.4. The molecule has 2 N–H and O–H groups in total. The molecular formula is C11H6Br2O3. The van der Waals surface area contributed by atoms with E-state index in [1.165, 1.54) is 6.07 Å². The third kappa shape index (κ3) is 1.81. The topological polar surface area (TPSA) is 57.5 Å². The van der Waals surface area contributed by atoms with Gasteiger partial charge in [0.2, 0.25) is 0 Å². The van der Waals surface area contributed by atoms with Crippen LogP contribution in [0, 0.1) is 0 Å². The van der Waals surface area contributed by atoms with Crippen molar-refractivity contribution in [1.29, 1.82) is 0 Å². The Kier molecular flexibility index (Phi) is 2.90. The smallest absolute Gasteiger partial charge is 0.336 e. The third-order valence-electron chi connectivity index (χ3n) is 2.24. The third-order valence-corrected chi connectivity index (χ3v) is 3.57. The monoisotopic (exact) mass is 344 g/mol. The summed E-state index contributed by atoms with van der Waals surface area (Å²) in [6.07, 6.45) is 0. The van der Waals surface area contributed by atoms with Gasteiger partial charge in [-0.05, 0) is 39.5 Å². The number of rotatable bonds is 1. The molecule has 0 aliphatic rings. The predicted molar refractivity (Wildman–Crippen MR) is 68.0 cm³/mol. The molecule has 0 saturated carbocycles. The number of hydrogen-bond acceptors (Lipinski definition) is 2. The number of carbonyl (C=O) groups is 1. The van der Waals surface area contributed by atoms with E-state index in [1.807, 2.05) is 0 Å². The molecule has 0 aliphatic heterocycles. The van der Waals surface area contributed by atoms with Crippen LogP contribution in [0.25, 0.3) is 10.8 Å². The van der Waals surface area contributed by atoms with Crippen LogP contribution in [0.5, 0.6) is 5.75 Å². The molecule has 0 saturated heterocycles. The molecular weight excluding hydrogens is 340 g/mol. The van der Waals surface area contributed by atoms with Crippen LogP contribution in [0.3, 0.4) is 0 Å². The van der Waals surface area contributed by atoms with E-state index in [-0.39, 0.29) is 11.3 Å². The van der Waals surface area contributed by atoms with E-state index in [0.29, 0.717) is 15.2 Å². The van der Waals surface area contributed by atoms with Gasteiger partial charge < -0.3 is 10.2 Å². The normalized spacial score (nSPS) is 10.6. The molecule has 16 heavy (non-hydrogen) atoms. The summed E-state index contributed by atoms with van der Waals surface area (Å²) in [7, 11) is 0. The maximum Gasteiger partial charge on any atom is 0.336 e. The fourth-order valence-corrected chi connectivity index (χ4v) is 2.34. The summed E-state index contributed by atoms with van der Waals surface area (Å²) in [6.45, 7) is 0. The zero-order valence-electron chi connectivity index (χ0n) is 7.87. The SMILES string of the molecule is O=C(O)c1cc(O)c(Br)c2ccc(Br)cc12. The molecule has 0 amide bonds. The molecule has 0 spiro atoms. The lowest BCUT2D eigenvalue weighted by Gasteiger charge is -2.07. The van der Waals surface area contributed by atoms with Gasteiger partial charge >= 0.3 is 5.97 Å². The Bertz CT molecular complexity index is 593. The minimum Gasteiger partial charge on any atom is -0.507 e. The number of hydrogen-bond donors (Lipinski definition) is 2. The average molecular weight is 346 g/mol. The number of phenolic OH excluding ortho intramolecular Hbond substituents is 1. The number of phenols is 1. The molecule has 0 radical (unpaired) electrons. The molecule has 2 rings (SSSR count). The molecule has 0 atom stereocenters. The first-order valence-corrected chi connectivity index (χ1v) is 5.93. The van der Waals surface area contributed by atoms with Gasteiger partial charge in [-0.15, -0.1) is 0 Å². The highest BCUT2D eigenvalue weighted by Crippen LogP contribution is 2.36. The van der Waals surface area contributed by atoms with Gasteiger partial charge in [0.05, 0.1) is 10.0 Å². The van der Waals surface area contributed by atoms with Crippen molar-refractivity contribution in [3.8, 4) is 5.75 Å². The lowest BCUT2D eigenvalue weighted by Crippen LogP contribution is -1.97. The quantitative estimate of drug-likeness (QED) is 0.827. The van der Waals surface area contributed by atoms with Gasteiger partial charge in [-0.25, -0.2) is 4.79 Å². The lowest BCUT2D eigenvalue weighted by molar-refractivity contribution is 0.0698. The molecule has 0 heterocycles. The van der Waals surface area contributed by atoms with Gasteiger partial charge in [-0.1, -0.05) is 22.0 Å². The van der Waals surface area contributed by atoms with Crippen molar-refractivity contribution in [2.75, 3.05) is 0 Å². The van der Waals surface area contributed by atoms with Crippen LogP contribution in [0.4, 0.5) is 0 Å². The molecule has 2 aromatic carbocycles. The zero-order chi connectivity index (χ0) is 11.9. The predicted octanol–water partition coefficient (Wildman–Crippen LogP) is 3.77. The van der Waals surface area contributed by atoms with Crippen LogP contribution in [0.1, 0.15) is 10.4 Å². The number of aromatic hydroxyl groups is 1.